The number of hydrogen-bond acceptors (Lipinski definition) is 3. The third-order valence-electron chi connectivity index (χ3n) is 2.27. The van der Waals surface area contributed by atoms with E-state index >= 15 is 0 Å². The standard InChI is InChI=1S/C13H21NO3/c1-5-12(15)14(6-2)9-7-8-10-17-13(16)11(3)4/h5H,1,3,6-10H2,2,4H3. The Hall–Kier alpha value is -1.58. The van der Waals surface area contributed by atoms with Gasteiger partial charge in [-0.25, -0.2) is 4.79 Å². The van der Waals surface area contributed by atoms with Crippen molar-refractivity contribution in [2.24, 2.45) is 0 Å². The van der Waals surface area contributed by atoms with Crippen LogP contribution in [0.3, 0.4) is 0 Å². The number of ether oxygens (including phenoxy) is 1. The Bertz CT molecular complexity index is 297. The van der Waals surface area contributed by atoms with E-state index in [0.717, 1.165) is 12.8 Å². The zero-order valence-corrected chi connectivity index (χ0v) is 10.7. The number of esters is 1. The van der Waals surface area contributed by atoms with Crippen LogP contribution in [0.5, 0.6) is 0 Å². The van der Waals surface area contributed by atoms with Gasteiger partial charge in [-0.3, -0.25) is 4.79 Å². The van der Waals surface area contributed by atoms with Gasteiger partial charge in [0.25, 0.3) is 0 Å². The van der Waals surface area contributed by atoms with Crippen molar-refractivity contribution in [2.45, 2.75) is 26.7 Å². The van der Waals surface area contributed by atoms with E-state index in [1.54, 1.807) is 11.8 Å². The molecule has 4 heteroatoms. The number of amides is 1. The van der Waals surface area contributed by atoms with Gasteiger partial charge in [-0.1, -0.05) is 13.2 Å². The Balaban J connectivity index is 3.69. The largest absolute Gasteiger partial charge is 0.462 e. The van der Waals surface area contributed by atoms with Crippen LogP contribution >= 0.6 is 0 Å². The summed E-state index contributed by atoms with van der Waals surface area (Å²) in [4.78, 5) is 24.1. The van der Waals surface area contributed by atoms with Crippen LogP contribution in [0.15, 0.2) is 24.8 Å². The Morgan fingerprint density at radius 2 is 2.00 bits per heavy atom. The van der Waals surface area contributed by atoms with Crippen LogP contribution in [0.25, 0.3) is 0 Å². The molecular weight excluding hydrogens is 218 g/mol. The molecule has 0 bridgehead atoms. The molecule has 1 amide bonds. The summed E-state index contributed by atoms with van der Waals surface area (Å²) in [6.45, 7) is 12.2. The number of hydrogen-bond donors (Lipinski definition) is 0. The number of likely N-dealkylation sites (N-methyl/N-ethyl adjacent to an activating group) is 1. The van der Waals surface area contributed by atoms with Crippen molar-refractivity contribution in [3.63, 3.8) is 0 Å². The minimum Gasteiger partial charge on any atom is -0.462 e. The van der Waals surface area contributed by atoms with E-state index in [9.17, 15) is 9.59 Å². The van der Waals surface area contributed by atoms with Gasteiger partial charge in [0.15, 0.2) is 0 Å². The molecule has 4 nitrogen and oxygen atoms in total. The molecule has 0 fully saturated rings. The number of carbonyl (C=O) groups excluding carboxylic acids is 2. The quantitative estimate of drug-likeness (QED) is 0.369. The molecule has 0 saturated carbocycles. The van der Waals surface area contributed by atoms with Crippen LogP contribution in [-0.2, 0) is 14.3 Å². The molecule has 0 aliphatic heterocycles. The normalized spacial score (nSPS) is 9.53. The van der Waals surface area contributed by atoms with E-state index in [1.807, 2.05) is 6.92 Å². The lowest BCUT2D eigenvalue weighted by atomic mass is 10.3. The highest BCUT2D eigenvalue weighted by atomic mass is 16.5. The lowest BCUT2D eigenvalue weighted by Gasteiger charge is -2.18. The summed E-state index contributed by atoms with van der Waals surface area (Å²) in [5.41, 5.74) is 0.405. The van der Waals surface area contributed by atoms with Crippen molar-refractivity contribution in [3.05, 3.63) is 24.8 Å². The molecule has 0 N–H and O–H groups in total. The van der Waals surface area contributed by atoms with E-state index in [2.05, 4.69) is 13.2 Å². The molecule has 0 aromatic rings. The van der Waals surface area contributed by atoms with E-state index in [4.69, 9.17) is 4.74 Å². The van der Waals surface area contributed by atoms with Gasteiger partial charge in [0.05, 0.1) is 6.61 Å². The molecule has 96 valence electrons. The van der Waals surface area contributed by atoms with Crippen LogP contribution in [0, 0.1) is 0 Å². The highest BCUT2D eigenvalue weighted by molar-refractivity contribution is 5.87. The molecule has 0 aliphatic rings. The highest BCUT2D eigenvalue weighted by Crippen LogP contribution is 1.99. The second-order valence-electron chi connectivity index (χ2n) is 3.75. The third kappa shape index (κ3) is 6.56. The first-order valence-electron chi connectivity index (χ1n) is 5.76. The summed E-state index contributed by atoms with van der Waals surface area (Å²) < 4.78 is 4.94. The van der Waals surface area contributed by atoms with Gasteiger partial charge < -0.3 is 9.64 Å². The van der Waals surface area contributed by atoms with Crippen LogP contribution in [-0.4, -0.2) is 36.5 Å². The van der Waals surface area contributed by atoms with E-state index in [1.165, 1.54) is 6.08 Å². The Morgan fingerprint density at radius 1 is 1.35 bits per heavy atom. The molecule has 0 aliphatic carbocycles. The van der Waals surface area contributed by atoms with Crippen molar-refractivity contribution >= 4 is 11.9 Å². The zero-order valence-electron chi connectivity index (χ0n) is 10.7. The number of carbonyl (C=O) groups is 2. The fourth-order valence-electron chi connectivity index (χ4n) is 1.25. The van der Waals surface area contributed by atoms with E-state index in [0.29, 0.717) is 25.3 Å². The predicted molar refractivity (Wildman–Crippen MR) is 67.5 cm³/mol. The smallest absolute Gasteiger partial charge is 0.333 e. The maximum atomic E-state index is 11.3. The predicted octanol–water partition coefficient (Wildman–Crippen LogP) is 1.92. The van der Waals surface area contributed by atoms with Crippen LogP contribution in [0.2, 0.25) is 0 Å². The first-order valence-corrected chi connectivity index (χ1v) is 5.76. The minimum absolute atomic E-state index is 0.0635. The summed E-state index contributed by atoms with van der Waals surface area (Å²) in [6.07, 6.45) is 2.85. The summed E-state index contributed by atoms with van der Waals surface area (Å²) in [7, 11) is 0. The molecular formula is C13H21NO3. The van der Waals surface area contributed by atoms with Gasteiger partial charge in [-0.05, 0) is 32.8 Å². The molecule has 0 saturated heterocycles. The average Bonchev–Trinajstić information content (AvgIpc) is 2.32. The highest BCUT2D eigenvalue weighted by Gasteiger charge is 2.07. The van der Waals surface area contributed by atoms with Gasteiger partial charge in [-0.2, -0.15) is 0 Å². The molecule has 0 spiro atoms. The fraction of sp³-hybridized carbons (Fsp3) is 0.538. The molecule has 0 aromatic carbocycles. The fourth-order valence-corrected chi connectivity index (χ4v) is 1.25. The summed E-state index contributed by atoms with van der Waals surface area (Å²) in [5, 5.41) is 0. The first kappa shape index (κ1) is 15.4. The summed E-state index contributed by atoms with van der Waals surface area (Å²) >= 11 is 0. The summed E-state index contributed by atoms with van der Waals surface area (Å²) in [5.74, 6) is -0.425. The first-order chi connectivity index (χ1) is 8.02. The monoisotopic (exact) mass is 239 g/mol. The number of nitrogens with zero attached hydrogens (tertiary/aromatic N) is 1. The Labute approximate surface area is 103 Å². The lowest BCUT2D eigenvalue weighted by Crippen LogP contribution is -2.30. The van der Waals surface area contributed by atoms with E-state index in [-0.39, 0.29) is 11.9 Å². The van der Waals surface area contributed by atoms with Gasteiger partial charge in [0, 0.05) is 18.7 Å². The molecule has 0 aromatic heterocycles. The average molecular weight is 239 g/mol. The topological polar surface area (TPSA) is 46.6 Å². The SMILES string of the molecule is C=CC(=O)N(CC)CCCCOC(=O)C(=C)C. The van der Waals surface area contributed by atoms with Gasteiger partial charge in [-0.15, -0.1) is 0 Å². The number of rotatable bonds is 8. The lowest BCUT2D eigenvalue weighted by molar-refractivity contribution is -0.139. The maximum Gasteiger partial charge on any atom is 0.333 e. The second kappa shape index (κ2) is 8.56. The van der Waals surface area contributed by atoms with Crippen molar-refractivity contribution in [1.82, 2.24) is 4.90 Å². The second-order valence-corrected chi connectivity index (χ2v) is 3.75. The molecule has 17 heavy (non-hydrogen) atoms. The van der Waals surface area contributed by atoms with Crippen molar-refractivity contribution in [1.29, 1.82) is 0 Å². The molecule has 0 heterocycles. The van der Waals surface area contributed by atoms with Crippen LogP contribution < -0.4 is 0 Å². The Morgan fingerprint density at radius 3 is 2.47 bits per heavy atom. The zero-order chi connectivity index (χ0) is 13.3. The van der Waals surface area contributed by atoms with Gasteiger partial charge in [0.1, 0.15) is 0 Å². The summed E-state index contributed by atoms with van der Waals surface area (Å²) in [6, 6.07) is 0. The maximum absolute atomic E-state index is 11.3. The van der Waals surface area contributed by atoms with Gasteiger partial charge >= 0.3 is 5.97 Å². The Kier molecular flexibility index (Phi) is 7.76. The molecule has 0 radical (unpaired) electrons. The molecule has 0 atom stereocenters. The van der Waals surface area contributed by atoms with Crippen molar-refractivity contribution in [2.75, 3.05) is 19.7 Å². The third-order valence-corrected chi connectivity index (χ3v) is 2.27. The van der Waals surface area contributed by atoms with Crippen LogP contribution in [0.1, 0.15) is 26.7 Å². The molecule has 0 rings (SSSR count). The van der Waals surface area contributed by atoms with Crippen molar-refractivity contribution < 1.29 is 14.3 Å². The van der Waals surface area contributed by atoms with Gasteiger partial charge in [0.2, 0.25) is 5.91 Å². The minimum atomic E-state index is -0.362. The van der Waals surface area contributed by atoms with Crippen LogP contribution in [0.4, 0.5) is 0 Å². The van der Waals surface area contributed by atoms with E-state index < -0.39 is 0 Å². The number of unbranched alkanes of at least 4 members (excludes halogenated alkanes) is 1. The molecule has 0 unspecified atom stereocenters. The van der Waals surface area contributed by atoms with Crippen molar-refractivity contribution in [3.8, 4) is 0 Å².